The van der Waals surface area contributed by atoms with Crippen LogP contribution in [0.5, 0.6) is 0 Å². The van der Waals surface area contributed by atoms with Gasteiger partial charge in [0.15, 0.2) is 0 Å². The van der Waals surface area contributed by atoms with E-state index in [0.717, 1.165) is 31.4 Å². The number of hydrogen-bond acceptors (Lipinski definition) is 2. The van der Waals surface area contributed by atoms with Crippen LogP contribution in [-0.4, -0.2) is 11.6 Å². The van der Waals surface area contributed by atoms with E-state index in [-0.39, 0.29) is 5.91 Å². The largest absolute Gasteiger partial charge is 0.301 e. The van der Waals surface area contributed by atoms with Crippen LogP contribution in [0.2, 0.25) is 0 Å². The molecule has 0 aliphatic carbocycles. The summed E-state index contributed by atoms with van der Waals surface area (Å²) in [6.07, 6.45) is 0. The molecule has 0 N–H and O–H groups in total. The third-order valence-electron chi connectivity index (χ3n) is 4.18. The number of aliphatic imine (C=N–C) groups is 1. The van der Waals surface area contributed by atoms with E-state index in [0.29, 0.717) is 12.3 Å². The molecule has 0 radical (unpaired) electrons. The van der Waals surface area contributed by atoms with Crippen LogP contribution in [-0.2, 0) is 11.3 Å². The Labute approximate surface area is 168 Å². The Morgan fingerprint density at radius 3 is 2.23 bits per heavy atom. The summed E-state index contributed by atoms with van der Waals surface area (Å²) in [7, 11) is 0. The van der Waals surface area contributed by atoms with Crippen molar-refractivity contribution in [3.63, 3.8) is 0 Å². The maximum absolute atomic E-state index is 13.2. The van der Waals surface area contributed by atoms with Crippen LogP contribution in [0, 0.1) is 0 Å². The van der Waals surface area contributed by atoms with Gasteiger partial charge >= 0.3 is 0 Å². The van der Waals surface area contributed by atoms with Crippen molar-refractivity contribution >= 4 is 54.9 Å². The molecule has 3 aromatic rings. The standard InChI is InChI=1S/C21H14Br2N2O/c22-15-11-17-19(24-16-9-5-2-6-10-16)21(26)25(20(17)18(23)12-15)13-14-7-3-1-4-8-14/h1-12H,13H2/b24-19-. The van der Waals surface area contributed by atoms with Gasteiger partial charge < -0.3 is 4.90 Å². The minimum absolute atomic E-state index is 0.0912. The van der Waals surface area contributed by atoms with Crippen molar-refractivity contribution in [3.8, 4) is 0 Å². The topological polar surface area (TPSA) is 32.7 Å². The number of para-hydroxylation sites is 1. The van der Waals surface area contributed by atoms with Gasteiger partial charge in [0.25, 0.3) is 5.91 Å². The molecule has 4 rings (SSSR count). The minimum Gasteiger partial charge on any atom is -0.301 e. The molecular weight excluding hydrogens is 456 g/mol. The lowest BCUT2D eigenvalue weighted by Gasteiger charge is -2.18. The number of rotatable bonds is 3. The summed E-state index contributed by atoms with van der Waals surface area (Å²) < 4.78 is 1.77. The van der Waals surface area contributed by atoms with Gasteiger partial charge in [0.2, 0.25) is 0 Å². The Hall–Kier alpha value is -2.24. The Morgan fingerprint density at radius 1 is 0.885 bits per heavy atom. The number of anilines is 1. The fraction of sp³-hybridized carbons (Fsp3) is 0.0476. The predicted octanol–water partition coefficient (Wildman–Crippen LogP) is 5.88. The number of carbonyl (C=O) groups excluding carboxylic acids is 1. The Bertz CT molecular complexity index is 1000. The fourth-order valence-electron chi connectivity index (χ4n) is 3.02. The van der Waals surface area contributed by atoms with Gasteiger partial charge in [0.1, 0.15) is 5.71 Å². The summed E-state index contributed by atoms with van der Waals surface area (Å²) in [6, 6.07) is 23.4. The average Bonchev–Trinajstić information content (AvgIpc) is 2.89. The van der Waals surface area contributed by atoms with Crippen LogP contribution in [0.4, 0.5) is 11.4 Å². The molecule has 1 amide bonds. The first-order valence-corrected chi connectivity index (χ1v) is 9.71. The Kier molecular flexibility index (Phi) is 4.74. The van der Waals surface area contributed by atoms with Crippen molar-refractivity contribution in [2.24, 2.45) is 4.99 Å². The van der Waals surface area contributed by atoms with Gasteiger partial charge in [-0.2, -0.15) is 0 Å². The van der Waals surface area contributed by atoms with Gasteiger partial charge in [0, 0.05) is 14.5 Å². The Balaban J connectivity index is 1.84. The zero-order valence-electron chi connectivity index (χ0n) is 13.7. The van der Waals surface area contributed by atoms with Crippen molar-refractivity contribution in [2.45, 2.75) is 6.54 Å². The van der Waals surface area contributed by atoms with E-state index < -0.39 is 0 Å². The van der Waals surface area contributed by atoms with E-state index in [1.54, 1.807) is 4.90 Å². The highest BCUT2D eigenvalue weighted by Gasteiger charge is 2.36. The van der Waals surface area contributed by atoms with Crippen LogP contribution in [0.3, 0.4) is 0 Å². The molecule has 128 valence electrons. The monoisotopic (exact) mass is 468 g/mol. The predicted molar refractivity (Wildman–Crippen MR) is 112 cm³/mol. The summed E-state index contributed by atoms with van der Waals surface area (Å²) in [4.78, 5) is 19.6. The molecule has 0 unspecified atom stereocenters. The van der Waals surface area contributed by atoms with E-state index in [4.69, 9.17) is 0 Å². The molecule has 0 fully saturated rings. The maximum atomic E-state index is 13.2. The highest BCUT2D eigenvalue weighted by molar-refractivity contribution is 9.11. The van der Waals surface area contributed by atoms with E-state index in [1.807, 2.05) is 72.8 Å². The zero-order valence-corrected chi connectivity index (χ0v) is 16.9. The zero-order chi connectivity index (χ0) is 18.1. The van der Waals surface area contributed by atoms with Crippen LogP contribution in [0.25, 0.3) is 0 Å². The molecule has 0 saturated heterocycles. The number of carbonyl (C=O) groups is 1. The molecule has 1 aliphatic rings. The number of halogens is 2. The normalized spacial score (nSPS) is 14.8. The first kappa shape index (κ1) is 17.2. The third kappa shape index (κ3) is 3.24. The molecule has 5 heteroatoms. The van der Waals surface area contributed by atoms with Crippen LogP contribution >= 0.6 is 31.9 Å². The molecule has 0 bridgehead atoms. The number of benzene rings is 3. The molecule has 26 heavy (non-hydrogen) atoms. The van der Waals surface area contributed by atoms with Crippen molar-refractivity contribution in [1.82, 2.24) is 0 Å². The third-order valence-corrected chi connectivity index (χ3v) is 5.24. The van der Waals surface area contributed by atoms with Crippen molar-refractivity contribution < 1.29 is 4.79 Å². The molecule has 1 aliphatic heterocycles. The van der Waals surface area contributed by atoms with Gasteiger partial charge in [-0.3, -0.25) is 4.79 Å². The maximum Gasteiger partial charge on any atom is 0.277 e. The second-order valence-corrected chi connectivity index (χ2v) is 7.73. The Morgan fingerprint density at radius 2 is 1.54 bits per heavy atom. The molecule has 0 atom stereocenters. The molecule has 3 aromatic carbocycles. The lowest BCUT2D eigenvalue weighted by molar-refractivity contribution is -0.112. The quantitative estimate of drug-likeness (QED) is 0.471. The van der Waals surface area contributed by atoms with Gasteiger partial charge in [-0.1, -0.05) is 64.5 Å². The first-order valence-electron chi connectivity index (χ1n) is 8.12. The first-order chi connectivity index (χ1) is 12.6. The van der Waals surface area contributed by atoms with Crippen molar-refractivity contribution in [3.05, 3.63) is 92.9 Å². The summed E-state index contributed by atoms with van der Waals surface area (Å²) in [6.45, 7) is 0.501. The van der Waals surface area contributed by atoms with E-state index in [1.165, 1.54) is 0 Å². The molecule has 0 spiro atoms. The van der Waals surface area contributed by atoms with Gasteiger partial charge in [0.05, 0.1) is 17.9 Å². The van der Waals surface area contributed by atoms with Crippen LogP contribution < -0.4 is 4.90 Å². The van der Waals surface area contributed by atoms with E-state index in [2.05, 4.69) is 36.9 Å². The fourth-order valence-corrected chi connectivity index (χ4v) is 4.46. The average molecular weight is 470 g/mol. The molecule has 0 aromatic heterocycles. The van der Waals surface area contributed by atoms with Crippen molar-refractivity contribution in [1.29, 1.82) is 0 Å². The summed E-state index contributed by atoms with van der Waals surface area (Å²) in [5.74, 6) is -0.0912. The number of nitrogens with zero attached hydrogens (tertiary/aromatic N) is 2. The highest BCUT2D eigenvalue weighted by atomic mass is 79.9. The molecule has 1 heterocycles. The summed E-state index contributed by atoms with van der Waals surface area (Å²) >= 11 is 7.13. The van der Waals surface area contributed by atoms with Crippen LogP contribution in [0.1, 0.15) is 11.1 Å². The second-order valence-electron chi connectivity index (χ2n) is 5.96. The number of fused-ring (bicyclic) bond motifs is 1. The number of amides is 1. The number of hydrogen-bond donors (Lipinski definition) is 0. The highest BCUT2D eigenvalue weighted by Crippen LogP contribution is 2.40. The van der Waals surface area contributed by atoms with E-state index in [9.17, 15) is 4.79 Å². The lowest BCUT2D eigenvalue weighted by Crippen LogP contribution is -2.29. The summed E-state index contributed by atoms with van der Waals surface area (Å²) in [5.41, 5.74) is 3.99. The van der Waals surface area contributed by atoms with Gasteiger partial charge in [-0.05, 0) is 45.8 Å². The minimum atomic E-state index is -0.0912. The van der Waals surface area contributed by atoms with Crippen LogP contribution in [0.15, 0.2) is 86.7 Å². The van der Waals surface area contributed by atoms with E-state index >= 15 is 0 Å². The van der Waals surface area contributed by atoms with Gasteiger partial charge in [-0.15, -0.1) is 0 Å². The van der Waals surface area contributed by atoms with Gasteiger partial charge in [-0.25, -0.2) is 4.99 Å². The molecular formula is C21H14Br2N2O. The lowest BCUT2D eigenvalue weighted by atomic mass is 10.1. The van der Waals surface area contributed by atoms with Crippen molar-refractivity contribution in [2.75, 3.05) is 4.90 Å². The SMILES string of the molecule is O=C1/C(=N\c2ccccc2)c2cc(Br)cc(Br)c2N1Cc1ccccc1. The molecule has 3 nitrogen and oxygen atoms in total. The second kappa shape index (κ2) is 7.17. The molecule has 0 saturated carbocycles. The smallest absolute Gasteiger partial charge is 0.277 e. The summed E-state index contributed by atoms with van der Waals surface area (Å²) in [5, 5.41) is 0.